The Bertz CT molecular complexity index is 1150. The van der Waals surface area contributed by atoms with Gasteiger partial charge in [0.15, 0.2) is 0 Å². The van der Waals surface area contributed by atoms with Crippen LogP contribution in [-0.4, -0.2) is 37.5 Å². The number of anilines is 1. The van der Waals surface area contributed by atoms with Gasteiger partial charge < -0.3 is 19.4 Å². The molecule has 0 fully saturated rings. The molecule has 4 rings (SSSR count). The van der Waals surface area contributed by atoms with Crippen molar-refractivity contribution in [2.75, 3.05) is 26.0 Å². The van der Waals surface area contributed by atoms with E-state index in [9.17, 15) is 14.4 Å². The van der Waals surface area contributed by atoms with Gasteiger partial charge in [0.1, 0.15) is 16.1 Å². The van der Waals surface area contributed by atoms with E-state index in [0.717, 1.165) is 17.0 Å². The highest BCUT2D eigenvalue weighted by Crippen LogP contribution is 2.37. The van der Waals surface area contributed by atoms with Crippen molar-refractivity contribution in [3.05, 3.63) is 62.3 Å². The summed E-state index contributed by atoms with van der Waals surface area (Å²) < 4.78 is 10.2. The van der Waals surface area contributed by atoms with Crippen LogP contribution in [0.25, 0.3) is 11.0 Å². The third-order valence-corrected chi connectivity index (χ3v) is 5.88. The van der Waals surface area contributed by atoms with Gasteiger partial charge in [0.25, 0.3) is 5.91 Å². The molecule has 7 nitrogen and oxygen atoms in total. The SMILES string of the molecule is COC(=O)c1c(NC(=O)c2cc3ccccc3oc2=O)sc2c1CCN(C)C2. The third-order valence-electron chi connectivity index (χ3n) is 4.75. The molecule has 1 aromatic carbocycles. The van der Waals surface area contributed by atoms with Gasteiger partial charge in [-0.2, -0.15) is 0 Å². The Labute approximate surface area is 164 Å². The minimum atomic E-state index is -0.725. The molecule has 0 saturated heterocycles. The van der Waals surface area contributed by atoms with Crippen molar-refractivity contribution in [3.63, 3.8) is 0 Å². The molecule has 1 amide bonds. The molecule has 2 aromatic heterocycles. The highest BCUT2D eigenvalue weighted by molar-refractivity contribution is 7.17. The molecule has 0 atom stereocenters. The number of thiophene rings is 1. The lowest BCUT2D eigenvalue weighted by molar-refractivity contribution is 0.0600. The third kappa shape index (κ3) is 3.21. The van der Waals surface area contributed by atoms with Crippen LogP contribution in [0.4, 0.5) is 5.00 Å². The van der Waals surface area contributed by atoms with Gasteiger partial charge in [0, 0.05) is 23.4 Å². The average Bonchev–Trinajstić information content (AvgIpc) is 3.03. The molecule has 1 aliphatic heterocycles. The second-order valence-corrected chi connectivity index (χ2v) is 7.73. The fourth-order valence-corrected chi connectivity index (χ4v) is 4.64. The fraction of sp³-hybridized carbons (Fsp3) is 0.250. The number of rotatable bonds is 3. The Morgan fingerprint density at radius 2 is 2.07 bits per heavy atom. The summed E-state index contributed by atoms with van der Waals surface area (Å²) in [6.45, 7) is 1.51. The van der Waals surface area contributed by atoms with Crippen LogP contribution in [0.15, 0.2) is 39.5 Å². The minimum Gasteiger partial charge on any atom is -0.465 e. The topological polar surface area (TPSA) is 88.8 Å². The molecule has 1 N–H and O–H groups in total. The summed E-state index contributed by atoms with van der Waals surface area (Å²) in [7, 11) is 3.31. The number of esters is 1. The summed E-state index contributed by atoms with van der Waals surface area (Å²) in [5.41, 5.74) is 0.841. The van der Waals surface area contributed by atoms with E-state index in [1.54, 1.807) is 24.3 Å². The highest BCUT2D eigenvalue weighted by Gasteiger charge is 2.29. The van der Waals surface area contributed by atoms with Crippen LogP contribution in [-0.2, 0) is 17.7 Å². The first-order valence-corrected chi connectivity index (χ1v) is 9.55. The van der Waals surface area contributed by atoms with Crippen LogP contribution in [0, 0.1) is 0 Å². The smallest absolute Gasteiger partial charge is 0.349 e. The predicted octanol–water partition coefficient (Wildman–Crippen LogP) is 2.88. The predicted molar refractivity (Wildman–Crippen MR) is 106 cm³/mol. The van der Waals surface area contributed by atoms with E-state index in [4.69, 9.17) is 9.15 Å². The van der Waals surface area contributed by atoms with E-state index in [1.165, 1.54) is 24.5 Å². The molecule has 0 unspecified atom stereocenters. The van der Waals surface area contributed by atoms with Crippen LogP contribution in [0.2, 0.25) is 0 Å². The van der Waals surface area contributed by atoms with Gasteiger partial charge in [-0.3, -0.25) is 4.79 Å². The maximum absolute atomic E-state index is 12.8. The number of ether oxygens (including phenoxy) is 1. The van der Waals surface area contributed by atoms with Crippen LogP contribution in [0.5, 0.6) is 0 Å². The first kappa shape index (κ1) is 18.4. The van der Waals surface area contributed by atoms with Crippen molar-refractivity contribution in [1.29, 1.82) is 0 Å². The number of likely N-dealkylation sites (N-methyl/N-ethyl adjacent to an activating group) is 1. The van der Waals surface area contributed by atoms with Crippen molar-refractivity contribution < 1.29 is 18.7 Å². The zero-order valence-electron chi connectivity index (χ0n) is 15.4. The zero-order chi connectivity index (χ0) is 19.8. The van der Waals surface area contributed by atoms with E-state index in [-0.39, 0.29) is 5.56 Å². The van der Waals surface area contributed by atoms with E-state index in [2.05, 4.69) is 10.2 Å². The molecule has 144 valence electrons. The number of carbonyl (C=O) groups excluding carboxylic acids is 2. The maximum Gasteiger partial charge on any atom is 0.349 e. The molecule has 0 radical (unpaired) electrons. The molecule has 8 heteroatoms. The summed E-state index contributed by atoms with van der Waals surface area (Å²) in [5.74, 6) is -1.11. The second kappa shape index (κ2) is 7.21. The standard InChI is InChI=1S/C20H18N2O5S/c1-22-8-7-12-15(10-22)28-18(16(12)20(25)26-2)21-17(23)13-9-11-5-3-4-6-14(11)27-19(13)24/h3-6,9H,7-8,10H2,1-2H3,(H,21,23). The average molecular weight is 398 g/mol. The van der Waals surface area contributed by atoms with E-state index in [0.29, 0.717) is 34.5 Å². The first-order valence-electron chi connectivity index (χ1n) is 8.73. The monoisotopic (exact) mass is 398 g/mol. The summed E-state index contributed by atoms with van der Waals surface area (Å²) >= 11 is 1.33. The van der Waals surface area contributed by atoms with E-state index >= 15 is 0 Å². The number of nitrogens with zero attached hydrogens (tertiary/aromatic N) is 1. The number of carbonyl (C=O) groups is 2. The molecule has 0 bridgehead atoms. The van der Waals surface area contributed by atoms with Crippen molar-refractivity contribution in [3.8, 4) is 0 Å². The molecule has 0 saturated carbocycles. The van der Waals surface area contributed by atoms with Gasteiger partial charge in [0.2, 0.25) is 0 Å². The Balaban J connectivity index is 1.73. The minimum absolute atomic E-state index is 0.113. The number of methoxy groups -OCH3 is 1. The summed E-state index contributed by atoms with van der Waals surface area (Å²) in [6, 6.07) is 8.46. The molecular weight excluding hydrogens is 380 g/mol. The summed E-state index contributed by atoms with van der Waals surface area (Å²) in [6.07, 6.45) is 0.695. The lowest BCUT2D eigenvalue weighted by atomic mass is 10.0. The number of fused-ring (bicyclic) bond motifs is 2. The van der Waals surface area contributed by atoms with Crippen molar-refractivity contribution in [2.24, 2.45) is 0 Å². The number of amides is 1. The molecular formula is C20H18N2O5S. The number of hydrogen-bond acceptors (Lipinski definition) is 7. The van der Waals surface area contributed by atoms with Crippen LogP contribution >= 0.6 is 11.3 Å². The molecule has 3 heterocycles. The van der Waals surface area contributed by atoms with Gasteiger partial charge >= 0.3 is 11.6 Å². The fourth-order valence-electron chi connectivity index (χ4n) is 3.33. The largest absolute Gasteiger partial charge is 0.465 e. The number of benzene rings is 1. The molecule has 1 aliphatic rings. The summed E-state index contributed by atoms with van der Waals surface area (Å²) in [4.78, 5) is 40.5. The van der Waals surface area contributed by atoms with Crippen LogP contribution in [0.3, 0.4) is 0 Å². The zero-order valence-corrected chi connectivity index (χ0v) is 16.2. The number of para-hydroxylation sites is 1. The van der Waals surface area contributed by atoms with Gasteiger partial charge in [0.05, 0.1) is 12.7 Å². The van der Waals surface area contributed by atoms with Gasteiger partial charge in [-0.15, -0.1) is 11.3 Å². The molecule has 28 heavy (non-hydrogen) atoms. The number of nitrogens with one attached hydrogen (secondary N) is 1. The lowest BCUT2D eigenvalue weighted by Gasteiger charge is -2.22. The van der Waals surface area contributed by atoms with Crippen molar-refractivity contribution in [1.82, 2.24) is 4.90 Å². The van der Waals surface area contributed by atoms with Crippen molar-refractivity contribution in [2.45, 2.75) is 13.0 Å². The maximum atomic E-state index is 12.8. The van der Waals surface area contributed by atoms with Gasteiger partial charge in [-0.1, -0.05) is 18.2 Å². The molecule has 3 aromatic rings. The van der Waals surface area contributed by atoms with Crippen molar-refractivity contribution >= 4 is 39.2 Å². The van der Waals surface area contributed by atoms with Crippen LogP contribution < -0.4 is 10.9 Å². The Morgan fingerprint density at radius 1 is 1.29 bits per heavy atom. The van der Waals surface area contributed by atoms with Gasteiger partial charge in [-0.05, 0) is 31.2 Å². The second-order valence-electron chi connectivity index (χ2n) is 6.63. The molecule has 0 aliphatic carbocycles. The quantitative estimate of drug-likeness (QED) is 0.539. The summed E-state index contributed by atoms with van der Waals surface area (Å²) in [5, 5.41) is 3.76. The van der Waals surface area contributed by atoms with E-state index < -0.39 is 17.5 Å². The lowest BCUT2D eigenvalue weighted by Crippen LogP contribution is -2.26. The van der Waals surface area contributed by atoms with E-state index in [1.807, 2.05) is 7.05 Å². The Kier molecular flexibility index (Phi) is 4.74. The Morgan fingerprint density at radius 3 is 2.86 bits per heavy atom. The highest BCUT2D eigenvalue weighted by atomic mass is 32.1. The molecule has 0 spiro atoms. The number of hydrogen-bond donors (Lipinski definition) is 1. The Hall–Kier alpha value is -2.97. The first-order chi connectivity index (χ1) is 13.5. The van der Waals surface area contributed by atoms with Gasteiger partial charge in [-0.25, -0.2) is 9.59 Å². The van der Waals surface area contributed by atoms with Crippen LogP contribution in [0.1, 0.15) is 31.2 Å². The normalized spacial score (nSPS) is 13.9.